The highest BCUT2D eigenvalue weighted by atomic mass is 16.5. The number of ether oxygens (including phenoxy) is 1. The lowest BCUT2D eigenvalue weighted by Gasteiger charge is -2.39. The van der Waals surface area contributed by atoms with Crippen LogP contribution in [-0.2, 0) is 5.41 Å². The van der Waals surface area contributed by atoms with E-state index >= 15 is 0 Å². The van der Waals surface area contributed by atoms with Crippen LogP contribution in [0.3, 0.4) is 0 Å². The second-order valence-corrected chi connectivity index (χ2v) is 15.7. The Morgan fingerprint density at radius 1 is 0.509 bits per heavy atom. The maximum atomic E-state index is 6.87. The van der Waals surface area contributed by atoms with Gasteiger partial charge in [0.1, 0.15) is 11.5 Å². The van der Waals surface area contributed by atoms with Crippen LogP contribution in [0.5, 0.6) is 11.5 Å². The summed E-state index contributed by atoms with van der Waals surface area (Å²) in [6, 6.07) is 64.2. The van der Waals surface area contributed by atoms with Gasteiger partial charge in [0.25, 0.3) is 6.71 Å². The molecule has 7 aromatic carbocycles. The van der Waals surface area contributed by atoms with Gasteiger partial charge in [-0.1, -0.05) is 123 Å². The average molecular weight is 703 g/mol. The highest BCUT2D eigenvalue weighted by Gasteiger charge is 2.50. The average Bonchev–Trinajstić information content (AvgIpc) is 3.93. The Bertz CT molecular complexity index is 2830. The van der Waals surface area contributed by atoms with Crippen LogP contribution in [0, 0.1) is 0 Å². The molecule has 0 amide bonds. The van der Waals surface area contributed by atoms with Gasteiger partial charge in [0.2, 0.25) is 0 Å². The van der Waals surface area contributed by atoms with Crippen molar-refractivity contribution >= 4 is 57.2 Å². The number of fused-ring (bicyclic) bond motifs is 10. The molecular formula is C51H35BN2O. The van der Waals surface area contributed by atoms with Crippen molar-refractivity contribution in [3.8, 4) is 44.9 Å². The fourth-order valence-corrected chi connectivity index (χ4v) is 9.68. The Morgan fingerprint density at radius 2 is 1.16 bits per heavy atom. The van der Waals surface area contributed by atoms with Crippen molar-refractivity contribution in [3.63, 3.8) is 0 Å². The molecule has 3 aliphatic carbocycles. The first-order valence-corrected chi connectivity index (χ1v) is 19.2. The molecule has 3 nitrogen and oxygen atoms in total. The number of hydrogen-bond donors (Lipinski definition) is 0. The van der Waals surface area contributed by atoms with Crippen LogP contribution >= 0.6 is 0 Å². The predicted octanol–water partition coefficient (Wildman–Crippen LogP) is 11.5. The van der Waals surface area contributed by atoms with Crippen molar-refractivity contribution in [3.05, 3.63) is 187 Å². The van der Waals surface area contributed by atoms with Gasteiger partial charge in [-0.05, 0) is 116 Å². The standard InChI is InChI=1S/C51H35BN2O/c1-51(2)42-28-37(53(34-17-9-4-10-18-34)35-19-11-5-12-20-35)24-25-38(42)39-30-46-44(31-43(39)51)52-45-27-33(32-15-7-3-8-16-32)23-26-47(45)55-50-41-29-40(41)49(48(50)52)54(46)36-21-13-6-14-22-36/h3-31H,1-2H3. The zero-order valence-corrected chi connectivity index (χ0v) is 30.6. The van der Waals surface area contributed by atoms with Gasteiger partial charge in [-0.15, -0.1) is 0 Å². The van der Waals surface area contributed by atoms with Gasteiger partial charge in [0.15, 0.2) is 0 Å². The minimum Gasteiger partial charge on any atom is -0.458 e. The quantitative estimate of drug-likeness (QED) is 0.166. The molecule has 2 aliphatic heterocycles. The summed E-state index contributed by atoms with van der Waals surface area (Å²) in [5, 5.41) is 0. The molecule has 0 radical (unpaired) electrons. The van der Waals surface area contributed by atoms with Crippen molar-refractivity contribution in [1.82, 2.24) is 0 Å². The molecule has 2 heterocycles. The summed E-state index contributed by atoms with van der Waals surface area (Å²) in [4.78, 5) is 4.88. The summed E-state index contributed by atoms with van der Waals surface area (Å²) in [7, 11) is 0. The number of benzene rings is 8. The van der Waals surface area contributed by atoms with Gasteiger partial charge < -0.3 is 14.5 Å². The first-order chi connectivity index (χ1) is 27.0. The molecule has 0 spiro atoms. The smallest absolute Gasteiger partial charge is 0.256 e. The van der Waals surface area contributed by atoms with Crippen LogP contribution in [0.2, 0.25) is 0 Å². The fraction of sp³-hybridized carbons (Fsp3) is 0.0588. The van der Waals surface area contributed by atoms with E-state index in [9.17, 15) is 0 Å². The fourth-order valence-electron chi connectivity index (χ4n) is 9.68. The normalized spacial score (nSPS) is 14.2. The van der Waals surface area contributed by atoms with E-state index in [1.165, 1.54) is 72.3 Å². The van der Waals surface area contributed by atoms with E-state index in [1.807, 2.05) is 0 Å². The molecule has 4 heteroatoms. The SMILES string of the molecule is CC1(C)c2cc(N(c3ccccc3)c3ccccc3)ccc2-c2cc3c(cc21)B1c2cc(-c4ccccc4)ccc2Oc2c4cc-4c(c21)N3c1ccccc1. The first-order valence-electron chi connectivity index (χ1n) is 19.2. The van der Waals surface area contributed by atoms with E-state index in [2.05, 4.69) is 200 Å². The summed E-state index contributed by atoms with van der Waals surface area (Å²) >= 11 is 0. The third-order valence-electron chi connectivity index (χ3n) is 12.3. The zero-order chi connectivity index (χ0) is 36.4. The number of nitrogens with zero attached hydrogens (tertiary/aromatic N) is 2. The number of para-hydroxylation sites is 3. The molecule has 0 N–H and O–H groups in total. The number of hydrogen-bond acceptors (Lipinski definition) is 3. The third kappa shape index (κ3) is 4.34. The van der Waals surface area contributed by atoms with Gasteiger partial charge in [-0.2, -0.15) is 0 Å². The largest absolute Gasteiger partial charge is 0.458 e. The van der Waals surface area contributed by atoms with Crippen LogP contribution < -0.4 is 30.9 Å². The Labute approximate surface area is 321 Å². The molecule has 0 atom stereocenters. The molecule has 7 aromatic rings. The minimum atomic E-state index is -0.234. The Morgan fingerprint density at radius 3 is 1.87 bits per heavy atom. The summed E-state index contributed by atoms with van der Waals surface area (Å²) in [6.45, 7) is 4.85. The predicted molar refractivity (Wildman–Crippen MR) is 229 cm³/mol. The second-order valence-electron chi connectivity index (χ2n) is 15.7. The van der Waals surface area contributed by atoms with Crippen LogP contribution in [-0.4, -0.2) is 6.71 Å². The number of rotatable bonds is 5. The molecule has 0 saturated carbocycles. The van der Waals surface area contributed by atoms with Crippen LogP contribution in [0.15, 0.2) is 176 Å². The molecule has 258 valence electrons. The number of anilines is 6. The maximum absolute atomic E-state index is 6.87. The monoisotopic (exact) mass is 702 g/mol. The van der Waals surface area contributed by atoms with E-state index in [1.54, 1.807) is 0 Å². The molecule has 0 bridgehead atoms. The molecule has 0 saturated heterocycles. The molecule has 0 aromatic heterocycles. The van der Waals surface area contributed by atoms with E-state index in [0.717, 1.165) is 34.2 Å². The van der Waals surface area contributed by atoms with Gasteiger partial charge >= 0.3 is 0 Å². The van der Waals surface area contributed by atoms with Gasteiger partial charge in [-0.3, -0.25) is 0 Å². The molecule has 0 fully saturated rings. The first kappa shape index (κ1) is 30.7. The summed E-state index contributed by atoms with van der Waals surface area (Å²) < 4.78 is 6.87. The second kappa shape index (κ2) is 11.1. The molecule has 12 rings (SSSR count). The van der Waals surface area contributed by atoms with Crippen molar-refractivity contribution in [2.24, 2.45) is 0 Å². The molecule has 5 aliphatic rings. The highest BCUT2D eigenvalue weighted by molar-refractivity contribution is 7.00. The Hall–Kier alpha value is -6.78. The zero-order valence-electron chi connectivity index (χ0n) is 30.6. The highest BCUT2D eigenvalue weighted by Crippen LogP contribution is 2.58. The van der Waals surface area contributed by atoms with E-state index in [4.69, 9.17) is 4.74 Å². The maximum Gasteiger partial charge on any atom is 0.256 e. The van der Waals surface area contributed by atoms with E-state index in [-0.39, 0.29) is 12.1 Å². The van der Waals surface area contributed by atoms with E-state index in [0.29, 0.717) is 0 Å². The summed E-state index contributed by atoms with van der Waals surface area (Å²) in [5.41, 5.74) is 21.0. The van der Waals surface area contributed by atoms with Crippen molar-refractivity contribution in [2.45, 2.75) is 19.3 Å². The molecular weight excluding hydrogens is 667 g/mol. The Balaban J connectivity index is 1.08. The lowest BCUT2D eigenvalue weighted by Crippen LogP contribution is -2.59. The van der Waals surface area contributed by atoms with Crippen LogP contribution in [0.4, 0.5) is 34.1 Å². The minimum absolute atomic E-state index is 0.0422. The van der Waals surface area contributed by atoms with Crippen molar-refractivity contribution in [1.29, 1.82) is 0 Å². The van der Waals surface area contributed by atoms with Crippen molar-refractivity contribution in [2.75, 3.05) is 9.80 Å². The van der Waals surface area contributed by atoms with E-state index < -0.39 is 0 Å². The molecule has 55 heavy (non-hydrogen) atoms. The third-order valence-corrected chi connectivity index (χ3v) is 12.3. The summed E-state index contributed by atoms with van der Waals surface area (Å²) in [5.74, 6) is 1.97. The van der Waals surface area contributed by atoms with Gasteiger partial charge in [0, 0.05) is 45.0 Å². The van der Waals surface area contributed by atoms with Crippen molar-refractivity contribution < 1.29 is 4.74 Å². The molecule has 0 unspecified atom stereocenters. The van der Waals surface area contributed by atoms with Crippen LogP contribution in [0.1, 0.15) is 25.0 Å². The topological polar surface area (TPSA) is 15.7 Å². The Kier molecular flexibility index (Phi) is 6.20. The summed E-state index contributed by atoms with van der Waals surface area (Å²) in [6.07, 6.45) is 0. The lowest BCUT2D eigenvalue weighted by atomic mass is 9.34. The van der Waals surface area contributed by atoms with Gasteiger partial charge in [0.05, 0.1) is 5.69 Å². The van der Waals surface area contributed by atoms with Gasteiger partial charge in [-0.25, -0.2) is 0 Å². The van der Waals surface area contributed by atoms with Crippen LogP contribution in [0.25, 0.3) is 33.4 Å². The lowest BCUT2D eigenvalue weighted by molar-refractivity contribution is 0.492.